The molecule has 0 spiro atoms. The highest BCUT2D eigenvalue weighted by atomic mass is 32.1. The van der Waals surface area contributed by atoms with Crippen LogP contribution in [0.4, 0.5) is 11.4 Å². The van der Waals surface area contributed by atoms with Crippen LogP contribution in [-0.4, -0.2) is 23.5 Å². The molecule has 3 N–H and O–H groups in total. The van der Waals surface area contributed by atoms with E-state index in [1.807, 2.05) is 37.3 Å². The Morgan fingerprint density at radius 3 is 2.27 bits per heavy atom. The molecular formula is C23H21N3O3S. The van der Waals surface area contributed by atoms with Crippen LogP contribution in [0.25, 0.3) is 0 Å². The first-order valence-electron chi connectivity index (χ1n) is 9.27. The fourth-order valence-electron chi connectivity index (χ4n) is 2.61. The Kier molecular flexibility index (Phi) is 7.13. The number of rotatable bonds is 6. The van der Waals surface area contributed by atoms with Gasteiger partial charge in [0.25, 0.3) is 11.8 Å². The third kappa shape index (κ3) is 6.15. The summed E-state index contributed by atoms with van der Waals surface area (Å²) in [4.78, 5) is 24.7. The fraction of sp³-hybridized carbons (Fsp3) is 0.0870. The zero-order chi connectivity index (χ0) is 21.3. The zero-order valence-electron chi connectivity index (χ0n) is 16.3. The summed E-state index contributed by atoms with van der Waals surface area (Å²) in [6.07, 6.45) is 0. The average molecular weight is 420 g/mol. The topological polar surface area (TPSA) is 79.5 Å². The maximum absolute atomic E-state index is 12.6. The quantitative estimate of drug-likeness (QED) is 0.524. The molecule has 0 fully saturated rings. The third-order valence-corrected chi connectivity index (χ3v) is 4.30. The molecule has 6 nitrogen and oxygen atoms in total. The van der Waals surface area contributed by atoms with E-state index in [4.69, 9.17) is 17.0 Å². The number of para-hydroxylation sites is 2. The SMILES string of the molecule is Cc1ccc(OCC(=O)NC(=S)Nc2ccccc2C(=O)Nc2ccccc2)cc1. The molecule has 30 heavy (non-hydrogen) atoms. The van der Waals surface area contributed by atoms with Gasteiger partial charge >= 0.3 is 0 Å². The second-order valence-corrected chi connectivity index (χ2v) is 6.88. The molecule has 3 aromatic rings. The predicted octanol–water partition coefficient (Wildman–Crippen LogP) is 4.14. The number of anilines is 2. The van der Waals surface area contributed by atoms with Crippen LogP contribution in [-0.2, 0) is 4.79 Å². The minimum atomic E-state index is -0.403. The monoisotopic (exact) mass is 419 g/mol. The van der Waals surface area contributed by atoms with E-state index in [2.05, 4.69) is 16.0 Å². The van der Waals surface area contributed by atoms with Gasteiger partial charge in [0.15, 0.2) is 11.7 Å². The van der Waals surface area contributed by atoms with E-state index in [9.17, 15) is 9.59 Å². The lowest BCUT2D eigenvalue weighted by atomic mass is 10.1. The van der Waals surface area contributed by atoms with Gasteiger partial charge in [-0.05, 0) is 55.5 Å². The highest BCUT2D eigenvalue weighted by molar-refractivity contribution is 7.80. The van der Waals surface area contributed by atoms with Crippen molar-refractivity contribution in [2.45, 2.75) is 6.92 Å². The van der Waals surface area contributed by atoms with Crippen molar-refractivity contribution in [3.63, 3.8) is 0 Å². The molecule has 0 aliphatic carbocycles. The van der Waals surface area contributed by atoms with Crippen LogP contribution in [0.15, 0.2) is 78.9 Å². The Bertz CT molecular complexity index is 1040. The van der Waals surface area contributed by atoms with Gasteiger partial charge in [0.2, 0.25) is 0 Å². The van der Waals surface area contributed by atoms with Crippen molar-refractivity contribution in [2.75, 3.05) is 17.2 Å². The van der Waals surface area contributed by atoms with E-state index in [1.165, 1.54) is 0 Å². The second kappa shape index (κ2) is 10.2. The average Bonchev–Trinajstić information content (AvgIpc) is 2.74. The van der Waals surface area contributed by atoms with Crippen LogP contribution in [0, 0.1) is 6.92 Å². The molecule has 0 aliphatic heterocycles. The van der Waals surface area contributed by atoms with Gasteiger partial charge in [-0.1, -0.05) is 48.0 Å². The van der Waals surface area contributed by atoms with E-state index >= 15 is 0 Å². The van der Waals surface area contributed by atoms with Gasteiger partial charge in [0.1, 0.15) is 5.75 Å². The Balaban J connectivity index is 1.56. The van der Waals surface area contributed by atoms with Crippen molar-refractivity contribution in [1.29, 1.82) is 0 Å². The highest BCUT2D eigenvalue weighted by Gasteiger charge is 2.13. The van der Waals surface area contributed by atoms with Crippen molar-refractivity contribution in [1.82, 2.24) is 5.32 Å². The molecule has 152 valence electrons. The van der Waals surface area contributed by atoms with Gasteiger partial charge in [-0.3, -0.25) is 14.9 Å². The molecule has 7 heteroatoms. The molecule has 0 radical (unpaired) electrons. The summed E-state index contributed by atoms with van der Waals surface area (Å²) in [7, 11) is 0. The standard InChI is InChI=1S/C23H21N3O3S/c1-16-11-13-18(14-12-16)29-15-21(27)26-23(30)25-20-10-6-5-9-19(20)22(28)24-17-7-3-2-4-8-17/h2-14H,15H2,1H3,(H,24,28)(H2,25,26,27,30). The Labute approximate surface area is 180 Å². The van der Waals surface area contributed by atoms with Gasteiger partial charge in [-0.25, -0.2) is 0 Å². The van der Waals surface area contributed by atoms with E-state index < -0.39 is 5.91 Å². The summed E-state index contributed by atoms with van der Waals surface area (Å²) in [6.45, 7) is 1.79. The Morgan fingerprint density at radius 1 is 0.867 bits per heavy atom. The van der Waals surface area contributed by atoms with Gasteiger partial charge in [0, 0.05) is 5.69 Å². The molecule has 0 heterocycles. The third-order valence-electron chi connectivity index (χ3n) is 4.10. The number of aryl methyl sites for hydroxylation is 1. The molecule has 0 atom stereocenters. The van der Waals surface area contributed by atoms with E-state index in [-0.39, 0.29) is 17.6 Å². The fourth-order valence-corrected chi connectivity index (χ4v) is 2.83. The maximum atomic E-state index is 12.6. The summed E-state index contributed by atoms with van der Waals surface area (Å²) < 4.78 is 5.44. The zero-order valence-corrected chi connectivity index (χ0v) is 17.2. The maximum Gasteiger partial charge on any atom is 0.264 e. The van der Waals surface area contributed by atoms with Gasteiger partial charge in [0.05, 0.1) is 11.3 Å². The lowest BCUT2D eigenvalue weighted by Crippen LogP contribution is -2.37. The smallest absolute Gasteiger partial charge is 0.264 e. The lowest BCUT2D eigenvalue weighted by molar-refractivity contribution is -0.121. The van der Waals surface area contributed by atoms with Crippen LogP contribution in [0.2, 0.25) is 0 Å². The number of hydrogen-bond donors (Lipinski definition) is 3. The molecule has 0 bridgehead atoms. The normalized spacial score (nSPS) is 10.0. The number of hydrogen-bond acceptors (Lipinski definition) is 4. The second-order valence-electron chi connectivity index (χ2n) is 6.47. The highest BCUT2D eigenvalue weighted by Crippen LogP contribution is 2.17. The Morgan fingerprint density at radius 2 is 1.53 bits per heavy atom. The minimum Gasteiger partial charge on any atom is -0.484 e. The number of benzene rings is 3. The number of ether oxygens (including phenoxy) is 1. The first kappa shape index (κ1) is 21.0. The van der Waals surface area contributed by atoms with Crippen molar-refractivity contribution in [3.8, 4) is 5.75 Å². The van der Waals surface area contributed by atoms with Crippen molar-refractivity contribution in [2.24, 2.45) is 0 Å². The summed E-state index contributed by atoms with van der Waals surface area (Å²) >= 11 is 5.21. The van der Waals surface area contributed by atoms with Gasteiger partial charge in [-0.2, -0.15) is 0 Å². The van der Waals surface area contributed by atoms with E-state index in [0.29, 0.717) is 22.7 Å². The number of amides is 2. The molecular weight excluding hydrogens is 398 g/mol. The van der Waals surface area contributed by atoms with E-state index in [1.54, 1.807) is 48.5 Å². The van der Waals surface area contributed by atoms with Crippen LogP contribution in [0.1, 0.15) is 15.9 Å². The summed E-state index contributed by atoms with van der Waals surface area (Å²) in [5.41, 5.74) is 2.66. The van der Waals surface area contributed by atoms with Crippen LogP contribution >= 0.6 is 12.2 Å². The molecule has 0 saturated carbocycles. The Hall–Kier alpha value is -3.71. The first-order chi connectivity index (χ1) is 14.5. The van der Waals surface area contributed by atoms with Crippen LogP contribution in [0.5, 0.6) is 5.75 Å². The number of carbonyl (C=O) groups is 2. The van der Waals surface area contributed by atoms with Crippen molar-refractivity contribution in [3.05, 3.63) is 90.0 Å². The molecule has 0 saturated heterocycles. The summed E-state index contributed by atoms with van der Waals surface area (Å²) in [6, 6.07) is 23.4. The number of nitrogens with one attached hydrogen (secondary N) is 3. The molecule has 3 aromatic carbocycles. The molecule has 0 unspecified atom stereocenters. The van der Waals surface area contributed by atoms with Crippen LogP contribution in [0.3, 0.4) is 0 Å². The van der Waals surface area contributed by atoms with Crippen molar-refractivity contribution < 1.29 is 14.3 Å². The predicted molar refractivity (Wildman–Crippen MR) is 122 cm³/mol. The molecule has 0 aromatic heterocycles. The lowest BCUT2D eigenvalue weighted by Gasteiger charge is -2.14. The number of thiocarbonyl (C=S) groups is 1. The largest absolute Gasteiger partial charge is 0.484 e. The van der Waals surface area contributed by atoms with Crippen LogP contribution < -0.4 is 20.7 Å². The van der Waals surface area contributed by atoms with Crippen molar-refractivity contribution >= 4 is 40.5 Å². The summed E-state index contributed by atoms with van der Waals surface area (Å²) in [5, 5.41) is 8.35. The van der Waals surface area contributed by atoms with Gasteiger partial charge < -0.3 is 15.4 Å². The minimum absolute atomic E-state index is 0.0764. The van der Waals surface area contributed by atoms with E-state index in [0.717, 1.165) is 5.56 Å². The first-order valence-corrected chi connectivity index (χ1v) is 9.68. The summed E-state index contributed by atoms with van der Waals surface area (Å²) in [5.74, 6) is -0.0991. The van der Waals surface area contributed by atoms with Gasteiger partial charge in [-0.15, -0.1) is 0 Å². The molecule has 2 amide bonds. The molecule has 0 aliphatic rings. The molecule has 3 rings (SSSR count). The number of carbonyl (C=O) groups excluding carboxylic acids is 2.